The molecule has 5 heteroatoms. The number of alkyl halides is 2. The van der Waals surface area contributed by atoms with E-state index in [0.29, 0.717) is 10.6 Å². The van der Waals surface area contributed by atoms with Gasteiger partial charge in [-0.05, 0) is 19.1 Å². The van der Waals surface area contributed by atoms with E-state index in [9.17, 15) is 13.6 Å². The summed E-state index contributed by atoms with van der Waals surface area (Å²) >= 11 is 5.71. The molecule has 0 radical (unpaired) electrons. The lowest BCUT2D eigenvalue weighted by Gasteiger charge is -2.11. The molecule has 0 aliphatic rings. The van der Waals surface area contributed by atoms with Crippen LogP contribution in [-0.2, 0) is 4.74 Å². The van der Waals surface area contributed by atoms with Gasteiger partial charge in [-0.2, -0.15) is 0 Å². The average molecular weight is 249 g/mol. The van der Waals surface area contributed by atoms with Crippen LogP contribution < -0.4 is 0 Å². The third-order valence-electron chi connectivity index (χ3n) is 1.95. The Labute approximate surface area is 97.2 Å². The lowest BCUT2D eigenvalue weighted by atomic mass is 10.1. The third-order valence-corrected chi connectivity index (χ3v) is 2.19. The van der Waals surface area contributed by atoms with E-state index in [1.807, 2.05) is 0 Å². The van der Waals surface area contributed by atoms with Crippen LogP contribution in [0.5, 0.6) is 0 Å². The van der Waals surface area contributed by atoms with Crippen LogP contribution in [0.25, 0.3) is 0 Å². The SMILES string of the molecule is CC(OCC(F)F)C(=O)c1cccc(Cl)c1. The molecule has 1 unspecified atom stereocenters. The van der Waals surface area contributed by atoms with Crippen LogP contribution in [0.15, 0.2) is 24.3 Å². The fourth-order valence-electron chi connectivity index (χ4n) is 1.17. The van der Waals surface area contributed by atoms with Crippen molar-refractivity contribution < 1.29 is 18.3 Å². The zero-order valence-electron chi connectivity index (χ0n) is 8.62. The highest BCUT2D eigenvalue weighted by molar-refractivity contribution is 6.31. The third kappa shape index (κ3) is 3.87. The summed E-state index contributed by atoms with van der Waals surface area (Å²) in [5.41, 5.74) is 0.356. The molecule has 16 heavy (non-hydrogen) atoms. The van der Waals surface area contributed by atoms with Gasteiger partial charge in [0.05, 0.1) is 0 Å². The predicted octanol–water partition coefficient (Wildman–Crippen LogP) is 3.19. The molecule has 0 N–H and O–H groups in total. The first-order valence-corrected chi connectivity index (χ1v) is 5.08. The van der Waals surface area contributed by atoms with Crippen molar-refractivity contribution in [3.8, 4) is 0 Å². The first-order chi connectivity index (χ1) is 7.50. The van der Waals surface area contributed by atoms with Crippen LogP contribution in [0.2, 0.25) is 5.02 Å². The molecule has 0 heterocycles. The van der Waals surface area contributed by atoms with Gasteiger partial charge in [0.25, 0.3) is 6.43 Å². The topological polar surface area (TPSA) is 26.3 Å². The van der Waals surface area contributed by atoms with Crippen LogP contribution in [0.4, 0.5) is 8.78 Å². The number of hydrogen-bond donors (Lipinski definition) is 0. The number of rotatable bonds is 5. The molecule has 0 spiro atoms. The summed E-state index contributed by atoms with van der Waals surface area (Å²) in [6.45, 7) is 0.694. The van der Waals surface area contributed by atoms with Gasteiger partial charge in [0, 0.05) is 10.6 Å². The lowest BCUT2D eigenvalue weighted by Crippen LogP contribution is -2.23. The molecule has 0 aromatic heterocycles. The van der Waals surface area contributed by atoms with Gasteiger partial charge >= 0.3 is 0 Å². The van der Waals surface area contributed by atoms with Crippen molar-refractivity contribution in [1.82, 2.24) is 0 Å². The Hall–Kier alpha value is -1.00. The van der Waals surface area contributed by atoms with Crippen molar-refractivity contribution in [2.75, 3.05) is 6.61 Å². The van der Waals surface area contributed by atoms with Crippen LogP contribution >= 0.6 is 11.6 Å². The number of Topliss-reactive ketones (excluding diaryl/α,β-unsaturated/α-hetero) is 1. The van der Waals surface area contributed by atoms with Crippen molar-refractivity contribution in [3.63, 3.8) is 0 Å². The summed E-state index contributed by atoms with van der Waals surface area (Å²) < 4.78 is 28.5. The molecule has 0 fully saturated rings. The van der Waals surface area contributed by atoms with Crippen LogP contribution in [-0.4, -0.2) is 24.9 Å². The highest BCUT2D eigenvalue weighted by atomic mass is 35.5. The Kier molecular flexibility index (Phi) is 4.83. The molecule has 1 atom stereocenters. The Morgan fingerprint density at radius 1 is 1.50 bits per heavy atom. The van der Waals surface area contributed by atoms with Crippen molar-refractivity contribution in [2.45, 2.75) is 19.5 Å². The summed E-state index contributed by atoms with van der Waals surface area (Å²) in [6, 6.07) is 6.29. The minimum atomic E-state index is -2.57. The molecule has 0 saturated carbocycles. The maximum atomic E-state index is 11.9. The number of ketones is 1. The smallest absolute Gasteiger partial charge is 0.261 e. The van der Waals surface area contributed by atoms with Crippen molar-refractivity contribution >= 4 is 17.4 Å². The van der Waals surface area contributed by atoms with Gasteiger partial charge in [0.1, 0.15) is 12.7 Å². The number of carbonyl (C=O) groups is 1. The molecule has 0 amide bonds. The van der Waals surface area contributed by atoms with Gasteiger partial charge in [-0.15, -0.1) is 0 Å². The normalized spacial score (nSPS) is 12.8. The average Bonchev–Trinajstić information content (AvgIpc) is 2.24. The molecular weight excluding hydrogens is 238 g/mol. The van der Waals surface area contributed by atoms with E-state index in [1.54, 1.807) is 18.2 Å². The van der Waals surface area contributed by atoms with E-state index in [2.05, 4.69) is 0 Å². The fraction of sp³-hybridized carbons (Fsp3) is 0.364. The minimum Gasteiger partial charge on any atom is -0.364 e. The molecule has 0 aliphatic heterocycles. The van der Waals surface area contributed by atoms with Crippen LogP contribution in [0, 0.1) is 0 Å². The second-order valence-corrected chi connectivity index (χ2v) is 3.68. The molecule has 0 aliphatic carbocycles. The summed E-state index contributed by atoms with van der Waals surface area (Å²) in [5.74, 6) is -0.358. The Morgan fingerprint density at radius 3 is 2.75 bits per heavy atom. The van der Waals surface area contributed by atoms with Crippen molar-refractivity contribution in [1.29, 1.82) is 0 Å². The van der Waals surface area contributed by atoms with Gasteiger partial charge in [-0.3, -0.25) is 4.79 Å². The second-order valence-electron chi connectivity index (χ2n) is 3.24. The summed E-state index contributed by atoms with van der Waals surface area (Å²) in [5, 5.41) is 0.423. The molecule has 88 valence electrons. The van der Waals surface area contributed by atoms with Gasteiger partial charge in [0.15, 0.2) is 5.78 Å². The molecule has 0 saturated heterocycles. The zero-order valence-corrected chi connectivity index (χ0v) is 9.38. The summed E-state index contributed by atoms with van der Waals surface area (Å²) in [4.78, 5) is 11.7. The predicted molar refractivity (Wildman–Crippen MR) is 57.2 cm³/mol. The van der Waals surface area contributed by atoms with E-state index >= 15 is 0 Å². The number of benzene rings is 1. The molecule has 1 aromatic rings. The minimum absolute atomic E-state index is 0.356. The molecule has 1 aromatic carbocycles. The molecule has 2 nitrogen and oxygen atoms in total. The van der Waals surface area contributed by atoms with Crippen LogP contribution in [0.3, 0.4) is 0 Å². The lowest BCUT2D eigenvalue weighted by molar-refractivity contribution is -0.00985. The Bertz CT molecular complexity index is 369. The zero-order chi connectivity index (χ0) is 12.1. The number of hydrogen-bond acceptors (Lipinski definition) is 2. The Balaban J connectivity index is 2.63. The number of halogens is 3. The van der Waals surface area contributed by atoms with E-state index in [0.717, 1.165) is 0 Å². The number of ether oxygens (including phenoxy) is 1. The molecule has 0 bridgehead atoms. The monoisotopic (exact) mass is 248 g/mol. The maximum Gasteiger partial charge on any atom is 0.261 e. The summed E-state index contributed by atoms with van der Waals surface area (Å²) in [7, 11) is 0. The van der Waals surface area contributed by atoms with Crippen molar-refractivity contribution in [3.05, 3.63) is 34.9 Å². The maximum absolute atomic E-state index is 11.9. The fourth-order valence-corrected chi connectivity index (χ4v) is 1.36. The second kappa shape index (κ2) is 5.92. The largest absolute Gasteiger partial charge is 0.364 e. The van der Waals surface area contributed by atoms with Gasteiger partial charge in [-0.25, -0.2) is 8.78 Å². The van der Waals surface area contributed by atoms with E-state index in [-0.39, 0.29) is 5.78 Å². The van der Waals surface area contributed by atoms with Gasteiger partial charge < -0.3 is 4.74 Å². The molecule has 1 rings (SSSR count). The number of carbonyl (C=O) groups excluding carboxylic acids is 1. The van der Waals surface area contributed by atoms with E-state index in [4.69, 9.17) is 16.3 Å². The van der Waals surface area contributed by atoms with Crippen LogP contribution in [0.1, 0.15) is 17.3 Å². The van der Waals surface area contributed by atoms with Gasteiger partial charge in [0.2, 0.25) is 0 Å². The van der Waals surface area contributed by atoms with E-state index in [1.165, 1.54) is 13.0 Å². The highest BCUT2D eigenvalue weighted by Gasteiger charge is 2.17. The molecular formula is C11H11ClF2O2. The van der Waals surface area contributed by atoms with E-state index < -0.39 is 19.1 Å². The standard InChI is InChI=1S/C11H11ClF2O2/c1-7(16-6-10(13)14)11(15)8-3-2-4-9(12)5-8/h2-5,7,10H,6H2,1H3. The van der Waals surface area contributed by atoms with Crippen molar-refractivity contribution in [2.24, 2.45) is 0 Å². The Morgan fingerprint density at radius 2 is 2.19 bits per heavy atom. The first kappa shape index (κ1) is 13.1. The highest BCUT2D eigenvalue weighted by Crippen LogP contribution is 2.13. The quantitative estimate of drug-likeness (QED) is 0.748. The first-order valence-electron chi connectivity index (χ1n) is 4.70. The summed E-state index contributed by atoms with van der Waals surface area (Å²) in [6.07, 6.45) is -3.47. The van der Waals surface area contributed by atoms with Gasteiger partial charge in [-0.1, -0.05) is 23.7 Å².